The van der Waals surface area contributed by atoms with Gasteiger partial charge >= 0.3 is 0 Å². The zero-order chi connectivity index (χ0) is 11.3. The third-order valence-electron chi connectivity index (χ3n) is 1.84. The van der Waals surface area contributed by atoms with Gasteiger partial charge < -0.3 is 0 Å². The summed E-state index contributed by atoms with van der Waals surface area (Å²) in [5.74, 6) is 0.732. The molecule has 0 fully saturated rings. The number of aryl methyl sites for hydroxylation is 1. The van der Waals surface area contributed by atoms with E-state index in [-0.39, 0.29) is 5.12 Å². The highest BCUT2D eigenvalue weighted by atomic mass is 79.9. The number of hydrogen-bond donors (Lipinski definition) is 0. The topological polar surface area (TPSA) is 17.1 Å². The molecule has 0 radical (unpaired) electrons. The summed E-state index contributed by atoms with van der Waals surface area (Å²) in [5.41, 5.74) is 2.38. The van der Waals surface area contributed by atoms with Gasteiger partial charge in [-0.05, 0) is 24.1 Å². The van der Waals surface area contributed by atoms with Crippen LogP contribution in [-0.2, 0) is 4.79 Å². The van der Waals surface area contributed by atoms with Crippen LogP contribution in [0.3, 0.4) is 0 Å². The summed E-state index contributed by atoms with van der Waals surface area (Å²) in [6, 6.07) is 6.22. The first-order valence-electron chi connectivity index (χ1n) is 4.65. The van der Waals surface area contributed by atoms with Crippen molar-refractivity contribution in [3.8, 4) is 0 Å². The summed E-state index contributed by atoms with van der Waals surface area (Å²) < 4.78 is 1.09. The van der Waals surface area contributed by atoms with Crippen LogP contribution in [0.4, 0.5) is 0 Å². The SMILES string of the molecule is CC(=O)SCC=Cc1ccc(C)cc1Br. The number of hydrogen-bond acceptors (Lipinski definition) is 2. The van der Waals surface area contributed by atoms with Gasteiger partial charge in [0.1, 0.15) is 0 Å². The second kappa shape index (κ2) is 6.13. The van der Waals surface area contributed by atoms with Crippen LogP contribution < -0.4 is 0 Å². The minimum atomic E-state index is 0.155. The molecule has 0 aliphatic carbocycles. The molecule has 0 aromatic heterocycles. The molecule has 0 saturated heterocycles. The maximum absolute atomic E-state index is 10.7. The fourth-order valence-corrected chi connectivity index (χ4v) is 2.16. The Hall–Kier alpha value is -0.540. The lowest BCUT2D eigenvalue weighted by Gasteiger charge is -1.99. The molecule has 1 aromatic rings. The van der Waals surface area contributed by atoms with E-state index in [1.807, 2.05) is 12.2 Å². The predicted octanol–water partition coefficient (Wildman–Crippen LogP) is 4.05. The average Bonchev–Trinajstić information content (AvgIpc) is 2.14. The number of rotatable bonds is 3. The molecule has 0 saturated carbocycles. The Balaban J connectivity index is 2.60. The molecule has 15 heavy (non-hydrogen) atoms. The van der Waals surface area contributed by atoms with Crippen molar-refractivity contribution in [1.29, 1.82) is 0 Å². The molecule has 0 N–H and O–H groups in total. The lowest BCUT2D eigenvalue weighted by atomic mass is 10.1. The molecule has 80 valence electrons. The van der Waals surface area contributed by atoms with Gasteiger partial charge in [0.2, 0.25) is 0 Å². The van der Waals surface area contributed by atoms with Crippen LogP contribution in [0.1, 0.15) is 18.1 Å². The highest BCUT2D eigenvalue weighted by Gasteiger charge is 1.95. The zero-order valence-corrected chi connectivity index (χ0v) is 11.2. The largest absolute Gasteiger partial charge is 0.288 e. The first kappa shape index (κ1) is 12.5. The molecular formula is C12H13BrOS. The standard InChI is InChI=1S/C12H13BrOS/c1-9-5-6-11(12(13)8-9)4-3-7-15-10(2)14/h3-6,8H,7H2,1-2H3. The fraction of sp³-hybridized carbons (Fsp3) is 0.250. The number of halogens is 1. The molecule has 1 nitrogen and oxygen atoms in total. The summed E-state index contributed by atoms with van der Waals surface area (Å²) in [4.78, 5) is 10.7. The molecule has 0 aliphatic heterocycles. The van der Waals surface area contributed by atoms with Gasteiger partial charge in [0, 0.05) is 17.1 Å². The first-order chi connectivity index (χ1) is 7.09. The molecule has 0 heterocycles. The minimum Gasteiger partial charge on any atom is -0.288 e. The molecule has 0 bridgehead atoms. The number of carbonyl (C=O) groups excluding carboxylic acids is 1. The van der Waals surface area contributed by atoms with Gasteiger partial charge in [0.15, 0.2) is 5.12 Å². The van der Waals surface area contributed by atoms with Crippen LogP contribution in [0.5, 0.6) is 0 Å². The Kier molecular flexibility index (Phi) is 5.12. The van der Waals surface area contributed by atoms with Gasteiger partial charge in [-0.2, -0.15) is 0 Å². The van der Waals surface area contributed by atoms with E-state index in [9.17, 15) is 4.79 Å². The van der Waals surface area contributed by atoms with Crippen molar-refractivity contribution in [2.24, 2.45) is 0 Å². The van der Waals surface area contributed by atoms with Crippen LogP contribution in [0.2, 0.25) is 0 Å². The van der Waals surface area contributed by atoms with Crippen molar-refractivity contribution < 1.29 is 4.79 Å². The van der Waals surface area contributed by atoms with E-state index in [0.717, 1.165) is 15.8 Å². The smallest absolute Gasteiger partial charge is 0.186 e. The molecule has 1 rings (SSSR count). The highest BCUT2D eigenvalue weighted by Crippen LogP contribution is 2.19. The van der Waals surface area contributed by atoms with Gasteiger partial charge in [0.05, 0.1) is 0 Å². The van der Waals surface area contributed by atoms with Crippen molar-refractivity contribution in [2.45, 2.75) is 13.8 Å². The van der Waals surface area contributed by atoms with Gasteiger partial charge in [-0.3, -0.25) is 4.79 Å². The Morgan fingerprint density at radius 3 is 2.87 bits per heavy atom. The van der Waals surface area contributed by atoms with E-state index < -0.39 is 0 Å². The molecule has 0 spiro atoms. The van der Waals surface area contributed by atoms with Crippen molar-refractivity contribution in [2.75, 3.05) is 5.75 Å². The van der Waals surface area contributed by atoms with Gasteiger partial charge in [-0.1, -0.05) is 52.0 Å². The van der Waals surface area contributed by atoms with Crippen LogP contribution in [0.15, 0.2) is 28.7 Å². The van der Waals surface area contributed by atoms with Crippen LogP contribution in [0, 0.1) is 6.92 Å². The third-order valence-corrected chi connectivity index (χ3v) is 3.29. The van der Waals surface area contributed by atoms with Crippen LogP contribution in [-0.4, -0.2) is 10.9 Å². The zero-order valence-electron chi connectivity index (χ0n) is 8.79. The third kappa shape index (κ3) is 4.67. The van der Waals surface area contributed by atoms with Gasteiger partial charge in [-0.25, -0.2) is 0 Å². The Morgan fingerprint density at radius 1 is 1.53 bits per heavy atom. The minimum absolute atomic E-state index is 0.155. The maximum atomic E-state index is 10.7. The number of carbonyl (C=O) groups is 1. The number of benzene rings is 1. The molecule has 0 aliphatic rings. The van der Waals surface area contributed by atoms with Crippen molar-refractivity contribution in [1.82, 2.24) is 0 Å². The second-order valence-electron chi connectivity index (χ2n) is 3.23. The second-order valence-corrected chi connectivity index (χ2v) is 5.28. The lowest BCUT2D eigenvalue weighted by Crippen LogP contribution is -1.82. The van der Waals surface area contributed by atoms with E-state index in [0.29, 0.717) is 0 Å². The van der Waals surface area contributed by atoms with E-state index >= 15 is 0 Å². The van der Waals surface area contributed by atoms with Crippen molar-refractivity contribution in [3.63, 3.8) is 0 Å². The Morgan fingerprint density at radius 2 is 2.27 bits per heavy atom. The molecule has 0 atom stereocenters. The predicted molar refractivity (Wildman–Crippen MR) is 71.1 cm³/mol. The van der Waals surface area contributed by atoms with Gasteiger partial charge in [-0.15, -0.1) is 0 Å². The Bertz CT molecular complexity index is 385. The monoisotopic (exact) mass is 284 g/mol. The Labute approximate surface area is 103 Å². The molecular weight excluding hydrogens is 272 g/mol. The maximum Gasteiger partial charge on any atom is 0.186 e. The van der Waals surface area contributed by atoms with Gasteiger partial charge in [0.25, 0.3) is 0 Å². The number of thioether (sulfide) groups is 1. The summed E-state index contributed by atoms with van der Waals surface area (Å²) >= 11 is 4.82. The summed E-state index contributed by atoms with van der Waals surface area (Å²) in [7, 11) is 0. The molecule has 0 amide bonds. The normalized spacial score (nSPS) is 10.9. The molecule has 1 aromatic carbocycles. The van der Waals surface area contributed by atoms with E-state index in [2.05, 4.69) is 41.1 Å². The molecule has 3 heteroatoms. The van der Waals surface area contributed by atoms with E-state index in [1.54, 1.807) is 6.92 Å². The van der Waals surface area contributed by atoms with Crippen LogP contribution >= 0.6 is 27.7 Å². The summed E-state index contributed by atoms with van der Waals surface area (Å²) in [5, 5.41) is 0.155. The summed E-state index contributed by atoms with van der Waals surface area (Å²) in [6.07, 6.45) is 4.03. The fourth-order valence-electron chi connectivity index (χ4n) is 1.11. The van der Waals surface area contributed by atoms with Crippen molar-refractivity contribution >= 4 is 38.9 Å². The average molecular weight is 285 g/mol. The lowest BCUT2D eigenvalue weighted by molar-refractivity contribution is -0.109. The quantitative estimate of drug-likeness (QED) is 0.833. The van der Waals surface area contributed by atoms with Crippen molar-refractivity contribution in [3.05, 3.63) is 39.9 Å². The van der Waals surface area contributed by atoms with E-state index in [4.69, 9.17) is 0 Å². The van der Waals surface area contributed by atoms with Crippen LogP contribution in [0.25, 0.3) is 6.08 Å². The first-order valence-corrected chi connectivity index (χ1v) is 6.43. The van der Waals surface area contributed by atoms with E-state index in [1.165, 1.54) is 17.3 Å². The highest BCUT2D eigenvalue weighted by molar-refractivity contribution is 9.10. The molecule has 0 unspecified atom stereocenters. The summed E-state index contributed by atoms with van der Waals surface area (Å²) in [6.45, 7) is 3.64.